The summed E-state index contributed by atoms with van der Waals surface area (Å²) in [6, 6.07) is 3.12. The van der Waals surface area contributed by atoms with Gasteiger partial charge in [0.1, 0.15) is 0 Å². The van der Waals surface area contributed by atoms with Crippen molar-refractivity contribution in [3.05, 3.63) is 22.6 Å². The van der Waals surface area contributed by atoms with Crippen molar-refractivity contribution in [3.8, 4) is 0 Å². The van der Waals surface area contributed by atoms with Gasteiger partial charge in [-0.25, -0.2) is 0 Å². The van der Waals surface area contributed by atoms with Gasteiger partial charge in [-0.15, -0.1) is 0 Å². The summed E-state index contributed by atoms with van der Waals surface area (Å²) in [5.41, 5.74) is 5.50. The molecule has 0 saturated carbocycles. The number of hydrogen-bond acceptors (Lipinski definition) is 4. The molecule has 0 aliphatic carbocycles. The van der Waals surface area contributed by atoms with Crippen molar-refractivity contribution in [3.63, 3.8) is 0 Å². The number of halogens is 1. The van der Waals surface area contributed by atoms with Gasteiger partial charge in [-0.3, -0.25) is 9.59 Å². The Balaban J connectivity index is 2.62. The van der Waals surface area contributed by atoms with Gasteiger partial charge in [-0.2, -0.15) is 0 Å². The second-order valence-electron chi connectivity index (χ2n) is 4.35. The maximum Gasteiger partial charge on any atom is 0.289 e. The molecule has 0 fully saturated rings. The van der Waals surface area contributed by atoms with Crippen LogP contribution in [0.25, 0.3) is 0 Å². The molecule has 0 saturated heterocycles. The summed E-state index contributed by atoms with van der Waals surface area (Å²) < 4.78 is 5.63. The summed E-state index contributed by atoms with van der Waals surface area (Å²) in [4.78, 5) is 26.7. The van der Waals surface area contributed by atoms with E-state index < -0.39 is 0 Å². The summed E-state index contributed by atoms with van der Waals surface area (Å²) in [5.74, 6) is -0.316. The minimum absolute atomic E-state index is 0.0159. The molecule has 1 unspecified atom stereocenters. The maximum absolute atomic E-state index is 12.0. The third kappa shape index (κ3) is 4.07. The highest BCUT2D eigenvalue weighted by atomic mass is 79.9. The molecule has 1 heterocycles. The SMILES string of the molecule is CC(CN)N(C)C(=O)CN(C)C(=O)c1ccc(Br)o1. The third-order valence-corrected chi connectivity index (χ3v) is 3.32. The molecule has 0 bridgehead atoms. The number of carbonyl (C=O) groups is 2. The van der Waals surface area contributed by atoms with Crippen LogP contribution in [0.3, 0.4) is 0 Å². The summed E-state index contributed by atoms with van der Waals surface area (Å²) in [6.45, 7) is 2.21. The summed E-state index contributed by atoms with van der Waals surface area (Å²) in [6.07, 6.45) is 0. The Bertz CT molecular complexity index is 461. The summed E-state index contributed by atoms with van der Waals surface area (Å²) >= 11 is 3.13. The number of likely N-dealkylation sites (N-methyl/N-ethyl adjacent to an activating group) is 2. The van der Waals surface area contributed by atoms with Crippen LogP contribution in [-0.2, 0) is 4.79 Å². The van der Waals surface area contributed by atoms with E-state index in [2.05, 4.69) is 15.9 Å². The number of furan rings is 1. The van der Waals surface area contributed by atoms with Crippen molar-refractivity contribution in [2.24, 2.45) is 5.73 Å². The number of hydrogen-bond donors (Lipinski definition) is 1. The molecule has 1 aromatic heterocycles. The van der Waals surface area contributed by atoms with Crippen LogP contribution in [0.4, 0.5) is 0 Å². The number of amides is 2. The molecule has 1 aromatic rings. The standard InChI is InChI=1S/C12H18BrN3O3/c1-8(6-14)16(3)11(17)7-15(2)12(18)9-4-5-10(13)19-9/h4-5,8H,6-7,14H2,1-3H3. The van der Waals surface area contributed by atoms with E-state index in [1.54, 1.807) is 26.2 Å². The first kappa shape index (κ1) is 15.7. The largest absolute Gasteiger partial charge is 0.444 e. The van der Waals surface area contributed by atoms with Crippen molar-refractivity contribution in [2.75, 3.05) is 27.2 Å². The van der Waals surface area contributed by atoms with Gasteiger partial charge >= 0.3 is 0 Å². The molecule has 0 aliphatic heterocycles. The molecule has 0 aliphatic rings. The molecule has 106 valence electrons. The highest BCUT2D eigenvalue weighted by molar-refractivity contribution is 9.10. The Kier molecular flexibility index (Phi) is 5.56. The lowest BCUT2D eigenvalue weighted by Crippen LogP contribution is -2.45. The first-order valence-electron chi connectivity index (χ1n) is 5.83. The number of carbonyl (C=O) groups excluding carboxylic acids is 2. The van der Waals surface area contributed by atoms with E-state index in [1.807, 2.05) is 6.92 Å². The molecule has 6 nitrogen and oxygen atoms in total. The second kappa shape index (κ2) is 6.72. The van der Waals surface area contributed by atoms with Crippen LogP contribution in [-0.4, -0.2) is 54.8 Å². The van der Waals surface area contributed by atoms with E-state index in [1.165, 1.54) is 9.80 Å². The average molecular weight is 332 g/mol. The number of rotatable bonds is 5. The van der Waals surface area contributed by atoms with Crippen LogP contribution in [0, 0.1) is 0 Å². The molecule has 1 rings (SSSR count). The van der Waals surface area contributed by atoms with Crippen molar-refractivity contribution in [2.45, 2.75) is 13.0 Å². The van der Waals surface area contributed by atoms with Crippen LogP contribution in [0.15, 0.2) is 21.2 Å². The van der Waals surface area contributed by atoms with Gasteiger partial charge < -0.3 is 20.0 Å². The van der Waals surface area contributed by atoms with Crippen LogP contribution in [0.1, 0.15) is 17.5 Å². The molecule has 2 N–H and O–H groups in total. The Morgan fingerprint density at radius 2 is 2.05 bits per heavy atom. The van der Waals surface area contributed by atoms with Gasteiger partial charge in [0, 0.05) is 26.7 Å². The quantitative estimate of drug-likeness (QED) is 0.870. The van der Waals surface area contributed by atoms with E-state index in [4.69, 9.17) is 10.2 Å². The predicted octanol–water partition coefficient (Wildman–Crippen LogP) is 0.920. The first-order chi connectivity index (χ1) is 8.86. The van der Waals surface area contributed by atoms with Crippen molar-refractivity contribution in [1.82, 2.24) is 9.80 Å². The lowest BCUT2D eigenvalue weighted by Gasteiger charge is -2.26. The molecule has 7 heteroatoms. The van der Waals surface area contributed by atoms with Gasteiger partial charge in [0.2, 0.25) is 5.91 Å². The molecule has 0 radical (unpaired) electrons. The van der Waals surface area contributed by atoms with Crippen molar-refractivity contribution >= 4 is 27.7 Å². The molecule has 0 aromatic carbocycles. The minimum atomic E-state index is -0.340. The normalized spacial score (nSPS) is 12.1. The van der Waals surface area contributed by atoms with Crippen LogP contribution in [0.5, 0.6) is 0 Å². The van der Waals surface area contributed by atoms with Gasteiger partial charge in [-0.05, 0) is 35.0 Å². The molecule has 0 spiro atoms. The Labute approximate surface area is 120 Å². The smallest absolute Gasteiger partial charge is 0.289 e. The second-order valence-corrected chi connectivity index (χ2v) is 5.14. The molecular formula is C12H18BrN3O3. The van der Waals surface area contributed by atoms with Crippen molar-refractivity contribution < 1.29 is 14.0 Å². The molecular weight excluding hydrogens is 314 g/mol. The fourth-order valence-electron chi connectivity index (χ4n) is 1.41. The molecule has 1 atom stereocenters. The topological polar surface area (TPSA) is 79.8 Å². The van der Waals surface area contributed by atoms with Crippen LogP contribution < -0.4 is 5.73 Å². The first-order valence-corrected chi connectivity index (χ1v) is 6.62. The zero-order chi connectivity index (χ0) is 14.6. The molecule has 19 heavy (non-hydrogen) atoms. The van der Waals surface area contributed by atoms with Crippen molar-refractivity contribution in [1.29, 1.82) is 0 Å². The summed E-state index contributed by atoms with van der Waals surface area (Å²) in [7, 11) is 3.22. The third-order valence-electron chi connectivity index (χ3n) is 2.90. The molecule has 2 amide bonds. The van der Waals surface area contributed by atoms with Crippen LogP contribution in [0.2, 0.25) is 0 Å². The van der Waals surface area contributed by atoms with Gasteiger partial charge in [0.25, 0.3) is 5.91 Å². The fraction of sp³-hybridized carbons (Fsp3) is 0.500. The zero-order valence-corrected chi connectivity index (χ0v) is 12.8. The van der Waals surface area contributed by atoms with E-state index in [-0.39, 0.29) is 30.2 Å². The maximum atomic E-state index is 12.0. The Morgan fingerprint density at radius 3 is 2.53 bits per heavy atom. The summed E-state index contributed by atoms with van der Waals surface area (Å²) in [5, 5.41) is 0. The van der Waals surface area contributed by atoms with Crippen LogP contribution >= 0.6 is 15.9 Å². The fourth-order valence-corrected chi connectivity index (χ4v) is 1.71. The number of nitrogens with zero attached hydrogens (tertiary/aromatic N) is 2. The lowest BCUT2D eigenvalue weighted by atomic mass is 10.3. The minimum Gasteiger partial charge on any atom is -0.444 e. The monoisotopic (exact) mass is 331 g/mol. The van der Waals surface area contributed by atoms with E-state index in [0.29, 0.717) is 11.2 Å². The Morgan fingerprint density at radius 1 is 1.42 bits per heavy atom. The highest BCUT2D eigenvalue weighted by Crippen LogP contribution is 2.15. The van der Waals surface area contributed by atoms with E-state index in [9.17, 15) is 9.59 Å². The van der Waals surface area contributed by atoms with E-state index >= 15 is 0 Å². The lowest BCUT2D eigenvalue weighted by molar-refractivity contribution is -0.132. The van der Waals surface area contributed by atoms with Gasteiger partial charge in [-0.1, -0.05) is 0 Å². The zero-order valence-electron chi connectivity index (χ0n) is 11.2. The highest BCUT2D eigenvalue weighted by Gasteiger charge is 2.21. The Hall–Kier alpha value is -1.34. The number of nitrogens with two attached hydrogens (primary N) is 1. The van der Waals surface area contributed by atoms with Gasteiger partial charge in [0.15, 0.2) is 10.4 Å². The van der Waals surface area contributed by atoms with Gasteiger partial charge in [0.05, 0.1) is 6.54 Å². The van der Waals surface area contributed by atoms with E-state index in [0.717, 1.165) is 0 Å². The predicted molar refractivity (Wildman–Crippen MR) is 74.7 cm³/mol. The average Bonchev–Trinajstić information content (AvgIpc) is 2.82.